The Balaban J connectivity index is 2.74. The first-order valence-corrected chi connectivity index (χ1v) is 9.10. The summed E-state index contributed by atoms with van der Waals surface area (Å²) in [6, 6.07) is 0. The number of rotatable bonds is 0. The Bertz CT molecular complexity index is 916. The smallest absolute Gasteiger partial charge is 0.258 e. The Labute approximate surface area is 143 Å². The summed E-state index contributed by atoms with van der Waals surface area (Å²) in [4.78, 5) is 14.3. The lowest BCUT2D eigenvalue weighted by atomic mass is 9.71. The van der Waals surface area contributed by atoms with Crippen LogP contribution in [0, 0.1) is 34.6 Å². The molecule has 3 rings (SSSR count). The van der Waals surface area contributed by atoms with Crippen molar-refractivity contribution >= 4 is 17.3 Å². The van der Waals surface area contributed by atoms with Crippen molar-refractivity contribution in [3.8, 4) is 0 Å². The minimum absolute atomic E-state index is 0.00734. The van der Waals surface area contributed by atoms with Crippen LogP contribution >= 0.6 is 11.8 Å². The van der Waals surface area contributed by atoms with E-state index in [4.69, 9.17) is 0 Å². The van der Waals surface area contributed by atoms with Crippen LogP contribution in [0.4, 0.5) is 0 Å². The summed E-state index contributed by atoms with van der Waals surface area (Å²) in [6.45, 7) is 19.8. The van der Waals surface area contributed by atoms with Gasteiger partial charge in [0.1, 0.15) is 0 Å². The lowest BCUT2D eigenvalue weighted by Gasteiger charge is -2.47. The minimum Gasteiger partial charge on any atom is -0.280 e. The molecule has 3 heterocycles. The van der Waals surface area contributed by atoms with E-state index in [0.29, 0.717) is 0 Å². The summed E-state index contributed by atoms with van der Waals surface area (Å²) in [7, 11) is 0. The van der Waals surface area contributed by atoms with Gasteiger partial charge in [0.2, 0.25) is 0 Å². The zero-order valence-corrected chi connectivity index (χ0v) is 16.6. The molecule has 0 unspecified atom stereocenters. The van der Waals surface area contributed by atoms with Gasteiger partial charge in [0.25, 0.3) is 5.56 Å². The molecule has 0 aromatic carbocycles. The third-order valence-corrected chi connectivity index (χ3v) is 8.13. The minimum atomic E-state index is -0.00734. The van der Waals surface area contributed by atoms with Crippen molar-refractivity contribution in [3.63, 3.8) is 0 Å². The molecule has 0 spiro atoms. The van der Waals surface area contributed by atoms with E-state index in [1.54, 1.807) is 0 Å². The van der Waals surface area contributed by atoms with Crippen LogP contribution in [0.25, 0.3) is 5.52 Å². The Morgan fingerprint density at radius 3 is 1.96 bits per heavy atom. The molecule has 0 aliphatic carbocycles. The average Bonchev–Trinajstić information content (AvgIpc) is 2.45. The van der Waals surface area contributed by atoms with Crippen molar-refractivity contribution in [1.29, 1.82) is 0 Å². The molecule has 0 fully saturated rings. The van der Waals surface area contributed by atoms with Crippen molar-refractivity contribution in [2.75, 3.05) is 0 Å². The highest BCUT2D eigenvalue weighted by Crippen LogP contribution is 2.56. The fourth-order valence-electron chi connectivity index (χ4n) is 3.80. The van der Waals surface area contributed by atoms with Gasteiger partial charge in [-0.25, -0.2) is 0 Å². The van der Waals surface area contributed by atoms with Crippen molar-refractivity contribution in [2.45, 2.75) is 77.4 Å². The molecule has 3 heteroatoms. The number of aryl methyl sites for hydroxylation is 1. The van der Waals surface area contributed by atoms with E-state index < -0.39 is 0 Å². The molecular weight excluding hydrogens is 302 g/mol. The van der Waals surface area contributed by atoms with Crippen LogP contribution in [-0.2, 0) is 5.41 Å². The normalized spacial score (nSPS) is 18.5. The lowest BCUT2D eigenvalue weighted by Crippen LogP contribution is -2.44. The van der Waals surface area contributed by atoms with E-state index in [1.807, 2.05) is 23.1 Å². The number of aromatic nitrogens is 1. The first-order chi connectivity index (χ1) is 10.4. The van der Waals surface area contributed by atoms with Gasteiger partial charge in [0.15, 0.2) is 0 Å². The van der Waals surface area contributed by atoms with Gasteiger partial charge in [0.05, 0.1) is 5.52 Å². The predicted molar refractivity (Wildman–Crippen MR) is 100 cm³/mol. The van der Waals surface area contributed by atoms with Crippen molar-refractivity contribution < 1.29 is 0 Å². The van der Waals surface area contributed by atoms with E-state index in [-0.39, 0.29) is 15.7 Å². The summed E-state index contributed by atoms with van der Waals surface area (Å²) >= 11 is 1.93. The summed E-state index contributed by atoms with van der Waals surface area (Å²) in [5, 5.41) is 0. The molecule has 23 heavy (non-hydrogen) atoms. The highest BCUT2D eigenvalue weighted by atomic mass is 32.2. The molecule has 2 aromatic rings. The quantitative estimate of drug-likeness (QED) is 0.678. The molecule has 0 saturated carbocycles. The van der Waals surface area contributed by atoms with Gasteiger partial charge in [-0.15, -0.1) is 11.8 Å². The van der Waals surface area contributed by atoms with Crippen LogP contribution in [0.15, 0.2) is 9.69 Å². The molecule has 1 aliphatic rings. The zero-order chi connectivity index (χ0) is 17.5. The largest absolute Gasteiger partial charge is 0.280 e. The van der Waals surface area contributed by atoms with Gasteiger partial charge in [0, 0.05) is 26.3 Å². The van der Waals surface area contributed by atoms with E-state index >= 15 is 0 Å². The molecule has 124 valence electrons. The predicted octanol–water partition coefficient (Wildman–Crippen LogP) is 5.00. The molecule has 2 nitrogen and oxygen atoms in total. The van der Waals surface area contributed by atoms with Crippen LogP contribution in [0.1, 0.15) is 61.2 Å². The summed E-state index contributed by atoms with van der Waals surface area (Å²) in [5.74, 6) is 0. The second-order valence-corrected chi connectivity index (χ2v) is 9.65. The van der Waals surface area contributed by atoms with E-state index in [9.17, 15) is 4.79 Å². The Hall–Kier alpha value is -1.22. The van der Waals surface area contributed by atoms with Gasteiger partial charge in [-0.3, -0.25) is 9.20 Å². The second kappa shape index (κ2) is 4.66. The molecule has 2 aromatic heterocycles. The number of thioether (sulfide) groups is 1. The van der Waals surface area contributed by atoms with Gasteiger partial charge in [-0.05, 0) is 70.7 Å². The molecule has 0 saturated heterocycles. The van der Waals surface area contributed by atoms with Crippen LogP contribution in [0.3, 0.4) is 0 Å². The van der Waals surface area contributed by atoms with Gasteiger partial charge >= 0.3 is 0 Å². The van der Waals surface area contributed by atoms with Crippen LogP contribution in [0.5, 0.6) is 0 Å². The van der Waals surface area contributed by atoms with E-state index in [2.05, 4.69) is 55.4 Å². The average molecular weight is 330 g/mol. The second-order valence-electron chi connectivity index (χ2n) is 8.02. The summed E-state index contributed by atoms with van der Waals surface area (Å²) < 4.78 is 2.04. The number of hydrogen-bond acceptors (Lipinski definition) is 2. The molecule has 0 amide bonds. The Morgan fingerprint density at radius 1 is 0.826 bits per heavy atom. The van der Waals surface area contributed by atoms with Crippen molar-refractivity contribution in [3.05, 3.63) is 43.9 Å². The number of nitrogens with zero attached hydrogens (tertiary/aromatic N) is 1. The maximum atomic E-state index is 13.0. The summed E-state index contributed by atoms with van der Waals surface area (Å²) in [5.41, 5.74) is 8.29. The standard InChI is InChI=1S/C20H27NOS/c1-10-12(3)17-16-15(19(6,7)20(8,9)23-17)11(2)13(4)18(22)21(16)14(10)5/h1-9H3. The van der Waals surface area contributed by atoms with Crippen molar-refractivity contribution in [2.24, 2.45) is 0 Å². The van der Waals surface area contributed by atoms with Gasteiger partial charge in [-0.1, -0.05) is 13.8 Å². The van der Waals surface area contributed by atoms with Crippen LogP contribution < -0.4 is 5.56 Å². The molecule has 1 aliphatic heterocycles. The van der Waals surface area contributed by atoms with Crippen LogP contribution in [0.2, 0.25) is 0 Å². The van der Waals surface area contributed by atoms with E-state index in [1.165, 1.54) is 21.6 Å². The van der Waals surface area contributed by atoms with E-state index in [0.717, 1.165) is 22.3 Å². The first-order valence-electron chi connectivity index (χ1n) is 8.28. The molecule has 0 radical (unpaired) electrons. The fourth-order valence-corrected chi connectivity index (χ4v) is 5.27. The fraction of sp³-hybridized carbons (Fsp3) is 0.550. The topological polar surface area (TPSA) is 21.5 Å². The Morgan fingerprint density at radius 2 is 1.39 bits per heavy atom. The highest BCUT2D eigenvalue weighted by Gasteiger charge is 2.46. The highest BCUT2D eigenvalue weighted by molar-refractivity contribution is 8.01. The maximum Gasteiger partial charge on any atom is 0.258 e. The molecule has 0 N–H and O–H groups in total. The third kappa shape index (κ3) is 1.86. The molecule has 0 atom stereocenters. The monoisotopic (exact) mass is 329 g/mol. The molecule has 0 bridgehead atoms. The van der Waals surface area contributed by atoms with Crippen molar-refractivity contribution in [1.82, 2.24) is 4.40 Å². The Kier molecular flexibility index (Phi) is 3.37. The first kappa shape index (κ1) is 16.6. The third-order valence-electron chi connectivity index (χ3n) is 6.41. The molecular formula is C20H27NOS. The maximum absolute atomic E-state index is 13.0. The lowest BCUT2D eigenvalue weighted by molar-refractivity contribution is 0.407. The van der Waals surface area contributed by atoms with Crippen LogP contribution in [-0.4, -0.2) is 9.15 Å². The summed E-state index contributed by atoms with van der Waals surface area (Å²) in [6.07, 6.45) is 0. The number of hydrogen-bond donors (Lipinski definition) is 0. The van der Waals surface area contributed by atoms with Gasteiger partial charge in [-0.2, -0.15) is 0 Å². The number of pyridine rings is 2. The van der Waals surface area contributed by atoms with Gasteiger partial charge < -0.3 is 0 Å². The SMILES string of the molecule is Cc1c(C)c(C)n2c(=O)c(C)c(C)c3c2c1SC(C)(C)C3(C)C. The zero-order valence-electron chi connectivity index (χ0n) is 15.8.